The molecular formula is C16H22N2O4. The number of nitrogens with one attached hydrogen (secondary N) is 1. The van der Waals surface area contributed by atoms with Crippen LogP contribution in [0.25, 0.3) is 0 Å². The molecule has 0 heterocycles. The van der Waals surface area contributed by atoms with Gasteiger partial charge in [-0.15, -0.1) is 0 Å². The highest BCUT2D eigenvalue weighted by molar-refractivity contribution is 5.93. The van der Waals surface area contributed by atoms with Crippen LogP contribution in [0, 0.1) is 11.8 Å². The number of carbonyl (C=O) groups is 2. The normalized spacial score (nSPS) is 20.5. The summed E-state index contributed by atoms with van der Waals surface area (Å²) in [6.45, 7) is 0.418. The van der Waals surface area contributed by atoms with Gasteiger partial charge in [0.25, 0.3) is 0 Å². The smallest absolute Gasteiger partial charge is 0.343 e. The summed E-state index contributed by atoms with van der Waals surface area (Å²) >= 11 is 0. The summed E-state index contributed by atoms with van der Waals surface area (Å²) in [5.74, 6) is 0.412. The average Bonchev–Trinajstić information content (AvgIpc) is 3.02. The Morgan fingerprint density at radius 1 is 1.27 bits per heavy atom. The van der Waals surface area contributed by atoms with Crippen molar-refractivity contribution in [3.63, 3.8) is 0 Å². The Kier molecular flexibility index (Phi) is 5.77. The van der Waals surface area contributed by atoms with Gasteiger partial charge in [0.2, 0.25) is 5.91 Å². The fourth-order valence-electron chi connectivity index (χ4n) is 2.73. The van der Waals surface area contributed by atoms with E-state index in [0.717, 1.165) is 19.3 Å². The standard InChI is InChI=1S/C16H22N2O4/c1-21-15(19)10-22-13-7-5-12(6-8-13)18-16(20)14-4-2-3-11(14)9-17/h5-8,11,14H,2-4,9-10,17H2,1H3,(H,18,20)/t11-,14-/m1/s1. The molecule has 0 aliphatic heterocycles. The average molecular weight is 306 g/mol. The molecular weight excluding hydrogens is 284 g/mol. The number of benzene rings is 1. The summed E-state index contributed by atoms with van der Waals surface area (Å²) in [6.07, 6.45) is 2.98. The van der Waals surface area contributed by atoms with Crippen LogP contribution in [0.5, 0.6) is 5.75 Å². The van der Waals surface area contributed by atoms with Crippen LogP contribution in [-0.4, -0.2) is 32.1 Å². The molecule has 22 heavy (non-hydrogen) atoms. The second-order valence-electron chi connectivity index (χ2n) is 5.41. The van der Waals surface area contributed by atoms with Crippen LogP contribution >= 0.6 is 0 Å². The zero-order chi connectivity index (χ0) is 15.9. The monoisotopic (exact) mass is 306 g/mol. The van der Waals surface area contributed by atoms with Gasteiger partial charge in [-0.25, -0.2) is 4.79 Å². The van der Waals surface area contributed by atoms with E-state index >= 15 is 0 Å². The van der Waals surface area contributed by atoms with Gasteiger partial charge in [0, 0.05) is 11.6 Å². The number of methoxy groups -OCH3 is 1. The van der Waals surface area contributed by atoms with Gasteiger partial charge in [-0.3, -0.25) is 4.79 Å². The molecule has 0 unspecified atom stereocenters. The van der Waals surface area contributed by atoms with E-state index in [0.29, 0.717) is 18.0 Å². The van der Waals surface area contributed by atoms with Crippen molar-refractivity contribution in [2.24, 2.45) is 17.6 Å². The lowest BCUT2D eigenvalue weighted by atomic mass is 9.95. The van der Waals surface area contributed by atoms with Gasteiger partial charge in [0.15, 0.2) is 6.61 Å². The number of hydrogen-bond donors (Lipinski definition) is 2. The molecule has 1 saturated carbocycles. The Hall–Kier alpha value is -2.08. The van der Waals surface area contributed by atoms with E-state index in [1.165, 1.54) is 7.11 Å². The largest absolute Gasteiger partial charge is 0.482 e. The first-order valence-electron chi connectivity index (χ1n) is 7.44. The Labute approximate surface area is 130 Å². The summed E-state index contributed by atoms with van der Waals surface area (Å²) in [5, 5.41) is 2.91. The van der Waals surface area contributed by atoms with Gasteiger partial charge >= 0.3 is 5.97 Å². The van der Waals surface area contributed by atoms with Crippen molar-refractivity contribution in [1.82, 2.24) is 0 Å². The molecule has 1 aromatic rings. The summed E-state index contributed by atoms with van der Waals surface area (Å²) in [5.41, 5.74) is 6.42. The molecule has 2 rings (SSSR count). The quantitative estimate of drug-likeness (QED) is 0.778. The Bertz CT molecular complexity index is 515. The molecule has 0 bridgehead atoms. The molecule has 1 aliphatic carbocycles. The highest BCUT2D eigenvalue weighted by Crippen LogP contribution is 2.32. The molecule has 1 aliphatic rings. The topological polar surface area (TPSA) is 90.6 Å². The number of hydrogen-bond acceptors (Lipinski definition) is 5. The second-order valence-corrected chi connectivity index (χ2v) is 5.41. The molecule has 3 N–H and O–H groups in total. The van der Waals surface area contributed by atoms with Crippen molar-refractivity contribution in [2.75, 3.05) is 25.6 Å². The molecule has 0 saturated heterocycles. The van der Waals surface area contributed by atoms with Crippen LogP contribution < -0.4 is 15.8 Å². The lowest BCUT2D eigenvalue weighted by molar-refractivity contribution is -0.142. The lowest BCUT2D eigenvalue weighted by Crippen LogP contribution is -2.29. The first kappa shape index (κ1) is 16.3. The van der Waals surface area contributed by atoms with Gasteiger partial charge in [-0.05, 0) is 49.6 Å². The predicted molar refractivity (Wildman–Crippen MR) is 82.5 cm³/mol. The van der Waals surface area contributed by atoms with E-state index in [1.807, 2.05) is 0 Å². The fraction of sp³-hybridized carbons (Fsp3) is 0.500. The van der Waals surface area contributed by atoms with Crippen LogP contribution in [-0.2, 0) is 14.3 Å². The molecule has 0 radical (unpaired) electrons. The Balaban J connectivity index is 1.88. The van der Waals surface area contributed by atoms with Crippen LogP contribution in [0.3, 0.4) is 0 Å². The van der Waals surface area contributed by atoms with Crippen LogP contribution in [0.15, 0.2) is 24.3 Å². The minimum Gasteiger partial charge on any atom is -0.482 e. The maximum Gasteiger partial charge on any atom is 0.343 e. The third-order valence-corrected chi connectivity index (χ3v) is 4.00. The molecule has 1 aromatic carbocycles. The summed E-state index contributed by atoms with van der Waals surface area (Å²) < 4.78 is 9.74. The fourth-order valence-corrected chi connectivity index (χ4v) is 2.73. The number of amides is 1. The SMILES string of the molecule is COC(=O)COc1ccc(NC(=O)[C@@H]2CCC[C@@H]2CN)cc1. The number of ether oxygens (including phenoxy) is 2. The van der Waals surface area contributed by atoms with E-state index in [1.54, 1.807) is 24.3 Å². The molecule has 6 heteroatoms. The number of rotatable bonds is 6. The summed E-state index contributed by atoms with van der Waals surface area (Å²) in [4.78, 5) is 23.3. The summed E-state index contributed by atoms with van der Waals surface area (Å²) in [6, 6.07) is 6.90. The van der Waals surface area contributed by atoms with Gasteiger partial charge in [0.05, 0.1) is 7.11 Å². The molecule has 1 fully saturated rings. The maximum absolute atomic E-state index is 12.3. The second kappa shape index (κ2) is 7.79. The maximum atomic E-state index is 12.3. The van der Waals surface area contributed by atoms with E-state index in [2.05, 4.69) is 10.1 Å². The van der Waals surface area contributed by atoms with Gasteiger partial charge < -0.3 is 20.5 Å². The molecule has 120 valence electrons. The molecule has 0 spiro atoms. The van der Waals surface area contributed by atoms with Crippen LogP contribution in [0.2, 0.25) is 0 Å². The highest BCUT2D eigenvalue weighted by atomic mass is 16.6. The Morgan fingerprint density at radius 3 is 2.64 bits per heavy atom. The number of esters is 1. The van der Waals surface area contributed by atoms with Gasteiger partial charge in [-0.1, -0.05) is 6.42 Å². The third-order valence-electron chi connectivity index (χ3n) is 4.00. The molecule has 6 nitrogen and oxygen atoms in total. The van der Waals surface area contributed by atoms with E-state index < -0.39 is 5.97 Å². The van der Waals surface area contributed by atoms with Gasteiger partial charge in [0.1, 0.15) is 5.75 Å². The van der Waals surface area contributed by atoms with E-state index in [4.69, 9.17) is 10.5 Å². The predicted octanol–water partition coefficient (Wildman–Crippen LogP) is 1.55. The van der Waals surface area contributed by atoms with Crippen LogP contribution in [0.4, 0.5) is 5.69 Å². The van der Waals surface area contributed by atoms with Crippen LogP contribution in [0.1, 0.15) is 19.3 Å². The summed E-state index contributed by atoms with van der Waals surface area (Å²) in [7, 11) is 1.31. The minimum atomic E-state index is -0.438. The Morgan fingerprint density at radius 2 is 2.00 bits per heavy atom. The van der Waals surface area contributed by atoms with Gasteiger partial charge in [-0.2, -0.15) is 0 Å². The number of nitrogens with two attached hydrogens (primary N) is 1. The van der Waals surface area contributed by atoms with Crippen molar-refractivity contribution in [3.05, 3.63) is 24.3 Å². The zero-order valence-electron chi connectivity index (χ0n) is 12.7. The van der Waals surface area contributed by atoms with Crippen molar-refractivity contribution in [1.29, 1.82) is 0 Å². The van der Waals surface area contributed by atoms with Crippen molar-refractivity contribution in [2.45, 2.75) is 19.3 Å². The lowest BCUT2D eigenvalue weighted by Gasteiger charge is -2.17. The minimum absolute atomic E-state index is 0.000232. The molecule has 0 aromatic heterocycles. The van der Waals surface area contributed by atoms with E-state index in [9.17, 15) is 9.59 Å². The molecule has 2 atom stereocenters. The van der Waals surface area contributed by atoms with Crippen molar-refractivity contribution >= 4 is 17.6 Å². The van der Waals surface area contributed by atoms with Crippen molar-refractivity contribution < 1.29 is 19.1 Å². The number of anilines is 1. The number of carbonyl (C=O) groups excluding carboxylic acids is 2. The first-order chi connectivity index (χ1) is 10.6. The van der Waals surface area contributed by atoms with Crippen molar-refractivity contribution in [3.8, 4) is 5.75 Å². The highest BCUT2D eigenvalue weighted by Gasteiger charge is 2.31. The first-order valence-corrected chi connectivity index (χ1v) is 7.44. The van der Waals surface area contributed by atoms with E-state index in [-0.39, 0.29) is 24.3 Å². The molecule has 1 amide bonds. The third kappa shape index (κ3) is 4.21. The zero-order valence-corrected chi connectivity index (χ0v) is 12.7.